The Labute approximate surface area is 312 Å². The summed E-state index contributed by atoms with van der Waals surface area (Å²) in [5, 5.41) is 24.8. The fourth-order valence-electron chi connectivity index (χ4n) is 6.45. The number of piperidine rings is 1. The van der Waals surface area contributed by atoms with E-state index in [0.29, 0.717) is 55.7 Å². The van der Waals surface area contributed by atoms with Crippen molar-refractivity contribution in [1.29, 1.82) is 0 Å². The van der Waals surface area contributed by atoms with E-state index >= 15 is 0 Å². The lowest BCUT2D eigenvalue weighted by molar-refractivity contribution is -0.912. The number of amides is 3. The Kier molecular flexibility index (Phi) is 11.6. The number of piperazine rings is 1. The zero-order valence-electron chi connectivity index (χ0n) is 29.5. The first-order chi connectivity index (χ1) is 25.4. The number of hydrogen-bond acceptors (Lipinski definition) is 10. The number of carbonyl (C=O) groups excluding carboxylic acids is 4. The number of anilines is 2. The van der Waals surface area contributed by atoms with Gasteiger partial charge < -0.3 is 44.9 Å². The monoisotopic (exact) mass is 774 g/mol. The van der Waals surface area contributed by atoms with Crippen molar-refractivity contribution >= 4 is 47.2 Å². The fraction of sp³-hybridized carbons (Fsp3) is 0.382. The van der Waals surface area contributed by atoms with Gasteiger partial charge >= 0.3 is 6.18 Å². The van der Waals surface area contributed by atoms with Crippen LogP contribution in [0.15, 0.2) is 48.9 Å². The number of carbonyl (C=O) groups is 4. The minimum atomic E-state index is -4.82. The highest BCUT2D eigenvalue weighted by molar-refractivity contribution is 6.34. The summed E-state index contributed by atoms with van der Waals surface area (Å²) >= 11 is 6.50. The van der Waals surface area contributed by atoms with Crippen LogP contribution in [0.3, 0.4) is 0 Å². The van der Waals surface area contributed by atoms with Crippen molar-refractivity contribution in [3.05, 3.63) is 71.0 Å². The normalized spacial score (nSPS) is 18.4. The Bertz CT molecular complexity index is 2030. The number of nitrogens with two attached hydrogens (primary N) is 1. The number of pyridine rings is 1. The van der Waals surface area contributed by atoms with E-state index in [1.54, 1.807) is 9.80 Å². The Balaban J connectivity index is 0.00000181. The van der Waals surface area contributed by atoms with Crippen LogP contribution >= 0.6 is 11.6 Å². The average Bonchev–Trinajstić information content (AvgIpc) is 3.74. The number of nitrogen functional groups attached to an aromatic ring is 1. The second kappa shape index (κ2) is 15.8. The third kappa shape index (κ3) is 8.48. The van der Waals surface area contributed by atoms with Gasteiger partial charge in [0.15, 0.2) is 23.4 Å². The number of hydrogen-bond donors (Lipinski definition) is 3. The van der Waals surface area contributed by atoms with E-state index in [1.807, 2.05) is 14.1 Å². The van der Waals surface area contributed by atoms with Gasteiger partial charge in [-0.15, -0.1) is 0 Å². The van der Waals surface area contributed by atoms with Gasteiger partial charge in [0.05, 0.1) is 66.7 Å². The number of likely N-dealkylation sites (tertiary alicyclic amines) is 1. The lowest BCUT2D eigenvalue weighted by atomic mass is 9.96. The predicted molar refractivity (Wildman–Crippen MR) is 187 cm³/mol. The van der Waals surface area contributed by atoms with Crippen LogP contribution in [0.2, 0.25) is 5.02 Å². The van der Waals surface area contributed by atoms with Crippen LogP contribution in [0, 0.1) is 0 Å². The van der Waals surface area contributed by atoms with E-state index in [1.165, 1.54) is 48.1 Å². The summed E-state index contributed by atoms with van der Waals surface area (Å²) in [7, 11) is 5.38. The molecular formula is C34H38ClF3N10O6. The number of imidazole rings is 1. The number of likely N-dealkylation sites (N-methyl/N-ethyl adjacent to an activating group) is 1. The molecule has 0 radical (unpaired) electrons. The molecule has 2 atom stereocenters. The second-order valence-electron chi connectivity index (χ2n) is 13.4. The summed E-state index contributed by atoms with van der Waals surface area (Å²) < 4.78 is 44.8. The van der Waals surface area contributed by atoms with Crippen LogP contribution in [-0.4, -0.2) is 127 Å². The minimum absolute atomic E-state index is 0.0194. The SMILES string of the molecule is Cn1c(-c2cn(-c3ccc(N)cn3)nc2C(F)(F)F)cnc1C(=O)Nc1ccc(C(=O)N2CCN(C(=O)[C@@H]3CC(O)CC[N+]3(C)C)CC2)c(Cl)c1.O=C[O-]. The first kappa shape index (κ1) is 39.7. The molecule has 2 saturated heterocycles. The molecule has 1 aromatic carbocycles. The molecule has 4 aromatic rings. The van der Waals surface area contributed by atoms with Crippen LogP contribution in [0.5, 0.6) is 0 Å². The van der Waals surface area contributed by atoms with Gasteiger partial charge in [-0.05, 0) is 30.3 Å². The Morgan fingerprint density at radius 1 is 1.07 bits per heavy atom. The van der Waals surface area contributed by atoms with Crippen LogP contribution in [0.1, 0.15) is 39.5 Å². The van der Waals surface area contributed by atoms with Crippen molar-refractivity contribution in [2.75, 3.05) is 57.9 Å². The molecule has 6 rings (SSSR count). The lowest BCUT2D eigenvalue weighted by Gasteiger charge is -2.45. The van der Waals surface area contributed by atoms with Crippen LogP contribution in [0.4, 0.5) is 24.5 Å². The van der Waals surface area contributed by atoms with Gasteiger partial charge in [0.25, 0.3) is 17.7 Å². The highest BCUT2D eigenvalue weighted by Crippen LogP contribution is 2.37. The van der Waals surface area contributed by atoms with Crippen LogP contribution in [-0.2, 0) is 22.8 Å². The van der Waals surface area contributed by atoms with Gasteiger partial charge in [0.2, 0.25) is 0 Å². The third-order valence-corrected chi connectivity index (χ3v) is 9.77. The van der Waals surface area contributed by atoms with Crippen LogP contribution in [0.25, 0.3) is 17.1 Å². The van der Waals surface area contributed by atoms with Crippen molar-refractivity contribution in [2.45, 2.75) is 31.2 Å². The molecule has 288 valence electrons. The summed E-state index contributed by atoms with van der Waals surface area (Å²) in [4.78, 5) is 59.7. The van der Waals surface area contributed by atoms with E-state index < -0.39 is 30.4 Å². The predicted octanol–water partition coefficient (Wildman–Crippen LogP) is 1.42. The number of nitrogens with one attached hydrogen (secondary N) is 1. The van der Waals surface area contributed by atoms with E-state index in [0.717, 1.165) is 17.1 Å². The van der Waals surface area contributed by atoms with E-state index in [2.05, 4.69) is 20.4 Å². The number of carboxylic acid groups (broad SMARTS) is 1. The van der Waals surface area contributed by atoms with Gasteiger partial charge in [0.1, 0.15) is 0 Å². The maximum Gasteiger partial charge on any atom is 0.435 e. The van der Waals surface area contributed by atoms with E-state index in [-0.39, 0.29) is 57.0 Å². The van der Waals surface area contributed by atoms with Crippen LogP contribution < -0.4 is 16.2 Å². The molecule has 2 fully saturated rings. The summed E-state index contributed by atoms with van der Waals surface area (Å²) in [6, 6.07) is 6.91. The van der Waals surface area contributed by atoms with Crippen molar-refractivity contribution in [2.24, 2.45) is 7.05 Å². The largest absolute Gasteiger partial charge is 0.554 e. The molecule has 5 heterocycles. The number of benzene rings is 1. The van der Waals surface area contributed by atoms with Gasteiger partial charge in [0, 0.05) is 64.4 Å². The molecule has 2 aliphatic rings. The highest BCUT2D eigenvalue weighted by Gasteiger charge is 2.43. The Morgan fingerprint density at radius 2 is 1.74 bits per heavy atom. The summed E-state index contributed by atoms with van der Waals surface area (Å²) in [5.41, 5.74) is 4.88. The highest BCUT2D eigenvalue weighted by atomic mass is 35.5. The Hall–Kier alpha value is -5.53. The minimum Gasteiger partial charge on any atom is -0.554 e. The number of quaternary nitrogens is 1. The lowest BCUT2D eigenvalue weighted by Crippen LogP contribution is -2.63. The van der Waals surface area contributed by atoms with Gasteiger partial charge in [-0.2, -0.15) is 18.3 Å². The average molecular weight is 775 g/mol. The number of nitrogens with zero attached hydrogens (tertiary/aromatic N) is 8. The number of rotatable bonds is 6. The molecule has 2 aliphatic heterocycles. The molecular weight excluding hydrogens is 737 g/mol. The maximum atomic E-state index is 14.0. The molecule has 4 N–H and O–H groups in total. The molecule has 0 bridgehead atoms. The number of aromatic nitrogens is 5. The molecule has 16 nitrogen and oxygen atoms in total. The summed E-state index contributed by atoms with van der Waals surface area (Å²) in [5.74, 6) is -1.18. The van der Waals surface area contributed by atoms with Gasteiger partial charge in [-0.3, -0.25) is 14.4 Å². The number of halogens is 4. The van der Waals surface area contributed by atoms with Gasteiger partial charge in [-0.1, -0.05) is 11.6 Å². The zero-order chi connectivity index (χ0) is 39.5. The number of aliphatic hydroxyl groups excluding tert-OH is 1. The number of aliphatic hydroxyl groups is 1. The first-order valence-electron chi connectivity index (χ1n) is 16.6. The smallest absolute Gasteiger partial charge is 0.435 e. The second-order valence-corrected chi connectivity index (χ2v) is 13.8. The first-order valence-corrected chi connectivity index (χ1v) is 17.0. The van der Waals surface area contributed by atoms with Crippen molar-refractivity contribution in [3.8, 4) is 17.1 Å². The molecule has 54 heavy (non-hydrogen) atoms. The molecule has 3 amide bonds. The molecule has 3 aromatic heterocycles. The van der Waals surface area contributed by atoms with Gasteiger partial charge in [-0.25, -0.2) is 14.6 Å². The molecule has 0 spiro atoms. The van der Waals surface area contributed by atoms with Crippen molar-refractivity contribution in [3.63, 3.8) is 0 Å². The molecule has 0 saturated carbocycles. The van der Waals surface area contributed by atoms with E-state index in [4.69, 9.17) is 27.2 Å². The molecule has 20 heteroatoms. The molecule has 1 unspecified atom stereocenters. The quantitative estimate of drug-likeness (QED) is 0.190. The summed E-state index contributed by atoms with van der Waals surface area (Å²) in [6.07, 6.45) is -0.696. The zero-order valence-corrected chi connectivity index (χ0v) is 30.2. The third-order valence-electron chi connectivity index (χ3n) is 9.45. The van der Waals surface area contributed by atoms with E-state index in [9.17, 15) is 32.7 Å². The maximum absolute atomic E-state index is 14.0. The topological polar surface area (TPSA) is 205 Å². The number of alkyl halides is 3. The summed E-state index contributed by atoms with van der Waals surface area (Å²) in [6.45, 7) is 1.49. The fourth-order valence-corrected chi connectivity index (χ4v) is 6.72. The Morgan fingerprint density at radius 3 is 2.35 bits per heavy atom. The van der Waals surface area contributed by atoms with Crippen molar-refractivity contribution < 1.29 is 47.0 Å². The standard InChI is InChI=1S/C33H36ClF3N10O4.CH2O2/c1-43-25(23-18-46(42-28(23)33(35,36)37)27-7-4-19(38)16-39-27)17-40-29(43)30(49)41-20-5-6-22(24(34)14-20)31(50)44-9-11-45(12-10-44)32(51)26-15-21(48)8-13-47(26,2)3;2-1-3/h4-7,14,16-18,21,26,48H,8-13,15,38H2,1-3H3;1H,(H,2,3)/t21?,26-;/m0./s1. The van der Waals surface area contributed by atoms with Crippen molar-refractivity contribution in [1.82, 2.24) is 34.1 Å². The molecule has 0 aliphatic carbocycles.